The predicted molar refractivity (Wildman–Crippen MR) is 72.6 cm³/mol. The number of amides is 1. The number of anilines is 1. The SMILES string of the molecule is COC(=O)c1cc(-n2cc(C(N)=O)cn2)cc(C)c1N. The van der Waals surface area contributed by atoms with Gasteiger partial charge in [-0.3, -0.25) is 4.79 Å². The standard InChI is InChI=1S/C13H14N4O3/c1-7-3-9(4-10(11(7)14)13(19)20-2)17-6-8(5-16-17)12(15)18/h3-6H,14H2,1-2H3,(H2,15,18). The first-order chi connectivity index (χ1) is 9.43. The van der Waals surface area contributed by atoms with Gasteiger partial charge in [0, 0.05) is 11.9 Å². The number of aryl methyl sites for hydroxylation is 1. The summed E-state index contributed by atoms with van der Waals surface area (Å²) in [6.07, 6.45) is 2.83. The van der Waals surface area contributed by atoms with Crippen LogP contribution in [0.1, 0.15) is 26.3 Å². The number of ether oxygens (including phenoxy) is 1. The lowest BCUT2D eigenvalue weighted by molar-refractivity contribution is 0.0601. The molecule has 0 fully saturated rings. The Morgan fingerprint density at radius 2 is 2.05 bits per heavy atom. The number of hydrogen-bond acceptors (Lipinski definition) is 5. The van der Waals surface area contributed by atoms with Gasteiger partial charge in [-0.05, 0) is 24.6 Å². The lowest BCUT2D eigenvalue weighted by Crippen LogP contribution is -2.10. The van der Waals surface area contributed by atoms with E-state index in [1.807, 2.05) is 0 Å². The van der Waals surface area contributed by atoms with Gasteiger partial charge in [0.15, 0.2) is 0 Å². The quantitative estimate of drug-likeness (QED) is 0.630. The zero-order valence-electron chi connectivity index (χ0n) is 11.1. The topological polar surface area (TPSA) is 113 Å². The zero-order valence-corrected chi connectivity index (χ0v) is 11.1. The minimum atomic E-state index is -0.573. The molecule has 0 spiro atoms. The largest absolute Gasteiger partial charge is 0.465 e. The van der Waals surface area contributed by atoms with Gasteiger partial charge < -0.3 is 16.2 Å². The number of nitrogen functional groups attached to an aromatic ring is 1. The molecule has 1 amide bonds. The molecule has 7 heteroatoms. The van der Waals surface area contributed by atoms with E-state index in [0.29, 0.717) is 16.9 Å². The highest BCUT2D eigenvalue weighted by Crippen LogP contribution is 2.22. The summed E-state index contributed by atoms with van der Waals surface area (Å²) in [6.45, 7) is 1.77. The van der Waals surface area contributed by atoms with Crippen molar-refractivity contribution in [3.63, 3.8) is 0 Å². The minimum Gasteiger partial charge on any atom is -0.465 e. The molecule has 1 aromatic heterocycles. The first kappa shape index (κ1) is 13.6. The molecule has 0 bridgehead atoms. The van der Waals surface area contributed by atoms with Crippen LogP contribution in [0.5, 0.6) is 0 Å². The maximum Gasteiger partial charge on any atom is 0.340 e. The predicted octanol–water partition coefficient (Wildman–Crippen LogP) is 0.648. The highest BCUT2D eigenvalue weighted by atomic mass is 16.5. The Balaban J connectivity index is 2.54. The van der Waals surface area contributed by atoms with E-state index >= 15 is 0 Å². The Hall–Kier alpha value is -2.83. The molecule has 2 rings (SSSR count). The molecule has 0 saturated heterocycles. The zero-order chi connectivity index (χ0) is 14.9. The number of nitrogens with zero attached hydrogens (tertiary/aromatic N) is 2. The van der Waals surface area contributed by atoms with E-state index in [2.05, 4.69) is 9.84 Å². The average Bonchev–Trinajstić information content (AvgIpc) is 2.90. The molecule has 0 aliphatic carbocycles. The second-order valence-electron chi connectivity index (χ2n) is 4.25. The number of esters is 1. The number of aromatic nitrogens is 2. The molecule has 2 aromatic rings. The summed E-state index contributed by atoms with van der Waals surface area (Å²) in [5, 5.41) is 4.03. The normalized spacial score (nSPS) is 10.3. The van der Waals surface area contributed by atoms with Crippen LogP contribution >= 0.6 is 0 Å². The van der Waals surface area contributed by atoms with Crippen LogP contribution < -0.4 is 11.5 Å². The van der Waals surface area contributed by atoms with Crippen LogP contribution in [-0.4, -0.2) is 28.8 Å². The van der Waals surface area contributed by atoms with E-state index < -0.39 is 11.9 Å². The Morgan fingerprint density at radius 3 is 2.60 bits per heavy atom. The molecule has 0 radical (unpaired) electrons. The molecule has 20 heavy (non-hydrogen) atoms. The number of nitrogens with two attached hydrogens (primary N) is 2. The second-order valence-corrected chi connectivity index (χ2v) is 4.25. The van der Waals surface area contributed by atoms with Crippen molar-refractivity contribution >= 4 is 17.6 Å². The van der Waals surface area contributed by atoms with Crippen molar-refractivity contribution in [3.8, 4) is 5.69 Å². The Bertz CT molecular complexity index is 691. The van der Waals surface area contributed by atoms with Crippen molar-refractivity contribution in [2.24, 2.45) is 5.73 Å². The van der Waals surface area contributed by atoms with Gasteiger partial charge in [-0.15, -0.1) is 0 Å². The molecule has 0 saturated carbocycles. The molecular formula is C13H14N4O3. The van der Waals surface area contributed by atoms with Gasteiger partial charge in [-0.25, -0.2) is 9.48 Å². The van der Waals surface area contributed by atoms with Crippen molar-refractivity contribution in [1.82, 2.24) is 9.78 Å². The van der Waals surface area contributed by atoms with Crippen molar-refractivity contribution in [3.05, 3.63) is 41.2 Å². The molecule has 1 aromatic carbocycles. The van der Waals surface area contributed by atoms with Crippen molar-refractivity contribution in [2.45, 2.75) is 6.92 Å². The molecule has 0 aliphatic heterocycles. The third kappa shape index (κ3) is 2.33. The summed E-state index contributed by atoms with van der Waals surface area (Å²) in [4.78, 5) is 22.7. The highest BCUT2D eigenvalue weighted by molar-refractivity contribution is 5.96. The fourth-order valence-electron chi connectivity index (χ4n) is 1.78. The van der Waals surface area contributed by atoms with Crippen molar-refractivity contribution in [2.75, 3.05) is 12.8 Å². The van der Waals surface area contributed by atoms with Crippen molar-refractivity contribution in [1.29, 1.82) is 0 Å². The number of carbonyl (C=O) groups is 2. The fourth-order valence-corrected chi connectivity index (χ4v) is 1.78. The van der Waals surface area contributed by atoms with Crippen LogP contribution in [0.15, 0.2) is 24.5 Å². The Kier molecular flexibility index (Phi) is 3.43. The maximum absolute atomic E-state index is 11.7. The summed E-state index contributed by atoms with van der Waals surface area (Å²) in [5.74, 6) is -1.11. The summed E-state index contributed by atoms with van der Waals surface area (Å²) in [7, 11) is 1.28. The van der Waals surface area contributed by atoms with Crippen LogP contribution in [0.25, 0.3) is 5.69 Å². The minimum absolute atomic E-state index is 0.249. The molecule has 4 N–H and O–H groups in total. The molecule has 104 valence electrons. The molecular weight excluding hydrogens is 260 g/mol. The summed E-state index contributed by atoms with van der Waals surface area (Å²) >= 11 is 0. The van der Waals surface area contributed by atoms with E-state index in [4.69, 9.17) is 11.5 Å². The number of rotatable bonds is 3. The van der Waals surface area contributed by atoms with Crippen LogP contribution in [0.2, 0.25) is 0 Å². The van der Waals surface area contributed by atoms with E-state index in [1.54, 1.807) is 19.1 Å². The number of benzene rings is 1. The van der Waals surface area contributed by atoms with Crippen LogP contribution in [0, 0.1) is 6.92 Å². The molecule has 1 heterocycles. The van der Waals surface area contributed by atoms with Gasteiger partial charge in [-0.1, -0.05) is 0 Å². The number of carbonyl (C=O) groups excluding carboxylic acids is 2. The Labute approximate surface area is 115 Å². The fraction of sp³-hybridized carbons (Fsp3) is 0.154. The number of hydrogen-bond donors (Lipinski definition) is 2. The molecule has 0 atom stereocenters. The van der Waals surface area contributed by atoms with Crippen LogP contribution in [0.4, 0.5) is 5.69 Å². The molecule has 7 nitrogen and oxygen atoms in total. The maximum atomic E-state index is 11.7. The van der Waals surface area contributed by atoms with Gasteiger partial charge in [0.2, 0.25) is 0 Å². The number of methoxy groups -OCH3 is 1. The first-order valence-corrected chi connectivity index (χ1v) is 5.77. The van der Waals surface area contributed by atoms with Crippen LogP contribution in [0.3, 0.4) is 0 Å². The molecule has 0 unspecified atom stereocenters. The van der Waals surface area contributed by atoms with Crippen molar-refractivity contribution < 1.29 is 14.3 Å². The summed E-state index contributed by atoms with van der Waals surface area (Å²) < 4.78 is 6.13. The third-order valence-electron chi connectivity index (χ3n) is 2.91. The highest BCUT2D eigenvalue weighted by Gasteiger charge is 2.15. The average molecular weight is 274 g/mol. The van der Waals surface area contributed by atoms with E-state index in [1.165, 1.54) is 24.2 Å². The first-order valence-electron chi connectivity index (χ1n) is 5.77. The Morgan fingerprint density at radius 1 is 1.35 bits per heavy atom. The van der Waals surface area contributed by atoms with E-state index in [9.17, 15) is 9.59 Å². The van der Waals surface area contributed by atoms with Gasteiger partial charge in [0.1, 0.15) is 0 Å². The lowest BCUT2D eigenvalue weighted by Gasteiger charge is -2.10. The third-order valence-corrected chi connectivity index (χ3v) is 2.91. The number of primary amides is 1. The smallest absolute Gasteiger partial charge is 0.340 e. The van der Waals surface area contributed by atoms with Crippen LogP contribution in [-0.2, 0) is 4.74 Å². The lowest BCUT2D eigenvalue weighted by atomic mass is 10.1. The van der Waals surface area contributed by atoms with Gasteiger partial charge in [-0.2, -0.15) is 5.10 Å². The van der Waals surface area contributed by atoms with E-state index in [0.717, 1.165) is 0 Å². The summed E-state index contributed by atoms with van der Waals surface area (Å²) in [5.41, 5.74) is 13.2. The van der Waals surface area contributed by atoms with Gasteiger partial charge in [0.05, 0.1) is 30.1 Å². The van der Waals surface area contributed by atoms with Gasteiger partial charge in [0.25, 0.3) is 5.91 Å². The van der Waals surface area contributed by atoms with E-state index in [-0.39, 0.29) is 11.1 Å². The monoisotopic (exact) mass is 274 g/mol. The second kappa shape index (κ2) is 5.04. The van der Waals surface area contributed by atoms with Gasteiger partial charge >= 0.3 is 5.97 Å². The molecule has 0 aliphatic rings. The summed E-state index contributed by atoms with van der Waals surface area (Å²) in [6, 6.07) is 3.30.